The van der Waals surface area contributed by atoms with E-state index < -0.39 is 12.0 Å². The van der Waals surface area contributed by atoms with Gasteiger partial charge in [0.05, 0.1) is 6.61 Å². The van der Waals surface area contributed by atoms with Crippen molar-refractivity contribution in [2.75, 3.05) is 6.61 Å². The highest BCUT2D eigenvalue weighted by Crippen LogP contribution is 2.20. The van der Waals surface area contributed by atoms with Crippen molar-refractivity contribution in [3.05, 3.63) is 0 Å². The molecule has 4 N–H and O–H groups in total. The molecule has 1 saturated heterocycles. The van der Waals surface area contributed by atoms with Crippen LogP contribution < -0.4 is 11.1 Å². The highest BCUT2D eigenvalue weighted by atomic mass is 16.5. The second kappa shape index (κ2) is 5.44. The van der Waals surface area contributed by atoms with Crippen LogP contribution in [0.25, 0.3) is 0 Å². The van der Waals surface area contributed by atoms with Gasteiger partial charge in [-0.25, -0.2) is 0 Å². The average molecular weight is 216 g/mol. The van der Waals surface area contributed by atoms with Gasteiger partial charge in [-0.3, -0.25) is 10.1 Å². The van der Waals surface area contributed by atoms with E-state index in [0.717, 1.165) is 6.42 Å². The standard InChI is InChI=1S/C10H20N2O3/c1-6-3-8(10(13)14)12-9(4-6)15-5-7(2)11/h6-9,12H,3-5,11H2,1-2H3,(H,13,14). The maximum atomic E-state index is 10.8. The Morgan fingerprint density at radius 3 is 2.87 bits per heavy atom. The molecule has 1 fully saturated rings. The minimum absolute atomic E-state index is 0.0210. The van der Waals surface area contributed by atoms with Gasteiger partial charge in [-0.2, -0.15) is 0 Å². The molecule has 1 heterocycles. The summed E-state index contributed by atoms with van der Waals surface area (Å²) < 4.78 is 5.50. The van der Waals surface area contributed by atoms with Crippen molar-refractivity contribution in [1.82, 2.24) is 5.32 Å². The molecule has 0 amide bonds. The van der Waals surface area contributed by atoms with Gasteiger partial charge in [-0.15, -0.1) is 0 Å². The molecule has 0 spiro atoms. The zero-order chi connectivity index (χ0) is 11.4. The number of piperidine rings is 1. The number of hydrogen-bond donors (Lipinski definition) is 3. The Morgan fingerprint density at radius 2 is 2.33 bits per heavy atom. The maximum Gasteiger partial charge on any atom is 0.320 e. The monoisotopic (exact) mass is 216 g/mol. The first kappa shape index (κ1) is 12.4. The van der Waals surface area contributed by atoms with E-state index in [4.69, 9.17) is 15.6 Å². The molecule has 1 rings (SSSR count). The van der Waals surface area contributed by atoms with E-state index in [9.17, 15) is 4.79 Å². The molecule has 0 radical (unpaired) electrons. The maximum absolute atomic E-state index is 10.8. The van der Waals surface area contributed by atoms with E-state index in [-0.39, 0.29) is 12.3 Å². The van der Waals surface area contributed by atoms with Crippen LogP contribution in [-0.2, 0) is 9.53 Å². The number of nitrogens with two attached hydrogens (primary N) is 1. The van der Waals surface area contributed by atoms with Crippen LogP contribution in [0.15, 0.2) is 0 Å². The molecular formula is C10H20N2O3. The highest BCUT2D eigenvalue weighted by Gasteiger charge is 2.30. The molecule has 15 heavy (non-hydrogen) atoms. The number of rotatable bonds is 4. The van der Waals surface area contributed by atoms with E-state index in [2.05, 4.69) is 5.32 Å². The molecule has 5 heteroatoms. The van der Waals surface area contributed by atoms with Gasteiger partial charge >= 0.3 is 5.97 Å². The van der Waals surface area contributed by atoms with Crippen molar-refractivity contribution in [2.24, 2.45) is 11.7 Å². The van der Waals surface area contributed by atoms with E-state index in [0.29, 0.717) is 18.9 Å². The zero-order valence-corrected chi connectivity index (χ0v) is 9.27. The number of nitrogens with one attached hydrogen (secondary N) is 1. The first-order valence-electron chi connectivity index (χ1n) is 5.35. The van der Waals surface area contributed by atoms with Gasteiger partial charge in [0.25, 0.3) is 0 Å². The molecule has 0 aromatic rings. The number of carboxylic acids is 1. The normalized spacial score (nSPS) is 33.7. The Bertz CT molecular complexity index is 221. The fourth-order valence-corrected chi connectivity index (χ4v) is 1.78. The second-order valence-corrected chi connectivity index (χ2v) is 4.43. The van der Waals surface area contributed by atoms with Gasteiger partial charge in [0, 0.05) is 6.04 Å². The van der Waals surface area contributed by atoms with Crippen molar-refractivity contribution in [3.8, 4) is 0 Å². The van der Waals surface area contributed by atoms with E-state index in [1.165, 1.54) is 0 Å². The van der Waals surface area contributed by atoms with Crippen LogP contribution in [0.4, 0.5) is 0 Å². The number of carbonyl (C=O) groups is 1. The van der Waals surface area contributed by atoms with Crippen LogP contribution in [0.2, 0.25) is 0 Å². The summed E-state index contributed by atoms with van der Waals surface area (Å²) in [5.74, 6) is -0.443. The first-order valence-corrected chi connectivity index (χ1v) is 5.35. The molecule has 0 saturated carbocycles. The minimum Gasteiger partial charge on any atom is -0.480 e. The Hall–Kier alpha value is -0.650. The number of hydrogen-bond acceptors (Lipinski definition) is 4. The third kappa shape index (κ3) is 4.15. The van der Waals surface area contributed by atoms with Crippen LogP contribution >= 0.6 is 0 Å². The summed E-state index contributed by atoms with van der Waals surface area (Å²) in [6, 6.07) is -0.515. The summed E-state index contributed by atoms with van der Waals surface area (Å²) in [4.78, 5) is 10.8. The third-order valence-corrected chi connectivity index (χ3v) is 2.50. The summed E-state index contributed by atoms with van der Waals surface area (Å²) in [5, 5.41) is 11.9. The smallest absolute Gasteiger partial charge is 0.320 e. The molecule has 4 atom stereocenters. The lowest BCUT2D eigenvalue weighted by atomic mass is 9.93. The van der Waals surface area contributed by atoms with E-state index in [1.807, 2.05) is 13.8 Å². The third-order valence-electron chi connectivity index (χ3n) is 2.50. The minimum atomic E-state index is -0.809. The van der Waals surface area contributed by atoms with Crippen LogP contribution in [0.3, 0.4) is 0 Å². The Kier molecular flexibility index (Phi) is 4.50. The zero-order valence-electron chi connectivity index (χ0n) is 9.27. The topological polar surface area (TPSA) is 84.6 Å². The fourth-order valence-electron chi connectivity index (χ4n) is 1.78. The molecule has 0 bridgehead atoms. The molecule has 88 valence electrons. The van der Waals surface area contributed by atoms with Gasteiger partial charge in [-0.05, 0) is 25.7 Å². The van der Waals surface area contributed by atoms with Gasteiger partial charge < -0.3 is 15.6 Å². The summed E-state index contributed by atoms with van der Waals surface area (Å²) in [5.41, 5.74) is 5.57. The Morgan fingerprint density at radius 1 is 1.67 bits per heavy atom. The molecule has 0 aromatic carbocycles. The van der Waals surface area contributed by atoms with Crippen molar-refractivity contribution in [2.45, 2.75) is 45.0 Å². The van der Waals surface area contributed by atoms with E-state index in [1.54, 1.807) is 0 Å². The summed E-state index contributed by atoms with van der Waals surface area (Å²) in [6.45, 7) is 4.36. The number of aliphatic carboxylic acids is 1. The van der Waals surface area contributed by atoms with Gasteiger partial charge in [0.2, 0.25) is 0 Å². The SMILES string of the molecule is CC(N)COC1CC(C)CC(C(=O)O)N1. The van der Waals surface area contributed by atoms with Crippen LogP contribution in [-0.4, -0.2) is 36.0 Å². The molecule has 0 aromatic heterocycles. The summed E-state index contributed by atoms with van der Waals surface area (Å²) in [6.07, 6.45) is 1.32. The largest absolute Gasteiger partial charge is 0.480 e. The van der Waals surface area contributed by atoms with Crippen molar-refractivity contribution >= 4 is 5.97 Å². The first-order chi connectivity index (χ1) is 6.99. The second-order valence-electron chi connectivity index (χ2n) is 4.43. The van der Waals surface area contributed by atoms with E-state index >= 15 is 0 Å². The summed E-state index contributed by atoms with van der Waals surface area (Å²) in [7, 11) is 0. The molecular weight excluding hydrogens is 196 g/mol. The van der Waals surface area contributed by atoms with Crippen LogP contribution in [0.5, 0.6) is 0 Å². The lowest BCUT2D eigenvalue weighted by Crippen LogP contribution is -2.50. The van der Waals surface area contributed by atoms with Crippen LogP contribution in [0, 0.1) is 5.92 Å². The average Bonchev–Trinajstić information content (AvgIpc) is 2.13. The molecule has 5 nitrogen and oxygen atoms in total. The van der Waals surface area contributed by atoms with Crippen molar-refractivity contribution in [1.29, 1.82) is 0 Å². The van der Waals surface area contributed by atoms with Gasteiger partial charge in [0.15, 0.2) is 0 Å². The fraction of sp³-hybridized carbons (Fsp3) is 0.900. The number of ether oxygens (including phenoxy) is 1. The predicted octanol–water partition coefficient (Wildman–Crippen LogP) is 0.149. The lowest BCUT2D eigenvalue weighted by Gasteiger charge is -2.32. The molecule has 1 aliphatic rings. The van der Waals surface area contributed by atoms with Crippen molar-refractivity contribution < 1.29 is 14.6 Å². The molecule has 1 aliphatic heterocycles. The Labute approximate surface area is 90.0 Å². The lowest BCUT2D eigenvalue weighted by molar-refractivity contribution is -0.143. The van der Waals surface area contributed by atoms with Gasteiger partial charge in [-0.1, -0.05) is 6.92 Å². The quantitative estimate of drug-likeness (QED) is 0.623. The van der Waals surface area contributed by atoms with Crippen molar-refractivity contribution in [3.63, 3.8) is 0 Å². The van der Waals surface area contributed by atoms with Gasteiger partial charge in [0.1, 0.15) is 12.3 Å². The van der Waals surface area contributed by atoms with Crippen LogP contribution in [0.1, 0.15) is 26.7 Å². The Balaban J connectivity index is 2.41. The highest BCUT2D eigenvalue weighted by molar-refractivity contribution is 5.73. The number of carboxylic acid groups (broad SMARTS) is 1. The summed E-state index contributed by atoms with van der Waals surface area (Å²) >= 11 is 0. The molecule has 4 unspecified atom stereocenters. The molecule has 0 aliphatic carbocycles. The predicted molar refractivity (Wildman–Crippen MR) is 56.3 cm³/mol.